The molecule has 0 bridgehead atoms. The van der Waals surface area contributed by atoms with Gasteiger partial charge < -0.3 is 10.4 Å². The topological polar surface area (TPSA) is 228 Å². The average molecular weight is 609 g/mol. The van der Waals surface area contributed by atoms with Crippen molar-refractivity contribution >= 4 is 51.4 Å². The highest BCUT2D eigenvalue weighted by molar-refractivity contribution is 8.01. The van der Waals surface area contributed by atoms with Crippen LogP contribution in [0.25, 0.3) is 0 Å². The van der Waals surface area contributed by atoms with E-state index in [4.69, 9.17) is 0 Å². The minimum absolute atomic E-state index is 0.0608. The van der Waals surface area contributed by atoms with Crippen LogP contribution in [0.15, 0.2) is 45.6 Å². The highest BCUT2D eigenvalue weighted by atomic mass is 32.2. The van der Waals surface area contributed by atoms with Gasteiger partial charge in [0.25, 0.3) is 16.0 Å². The first-order valence-corrected chi connectivity index (χ1v) is 14.9. The maximum absolute atomic E-state index is 13.0. The Hall–Kier alpha value is -3.88. The Morgan fingerprint density at radius 2 is 1.95 bits per heavy atom. The molecule has 20 heteroatoms. The number of aliphatic carboxylic acids is 1. The number of carbonyl (C=O) groups excluding carboxylic acids is 2. The highest BCUT2D eigenvalue weighted by Gasteiger charge is 2.54. The number of amides is 2. The summed E-state index contributed by atoms with van der Waals surface area (Å²) < 4.78 is 35.5. The standard InChI is InChI=1S/C20H20N10O7S3/c1-28-13(22-24-26-28)7-29-20(23-25-27-29)39-9-11-8-38-18-15(17(32)30(18)16(11)19(33)34)21-14(31)6-10-4-2-3-5-12(10)40(35,36)37/h2-5,15,18H,6-9H2,1H3,(H,21,31)(H,33,34)(H,35,36,37)/t15-,18-/m1/s1. The molecular weight excluding hydrogens is 588 g/mol. The summed E-state index contributed by atoms with van der Waals surface area (Å²) in [4.78, 5) is 38.5. The zero-order valence-electron chi connectivity index (χ0n) is 20.5. The average Bonchev–Trinajstić information content (AvgIpc) is 3.53. The maximum Gasteiger partial charge on any atom is 0.352 e. The smallest absolute Gasteiger partial charge is 0.352 e. The molecule has 1 saturated heterocycles. The van der Waals surface area contributed by atoms with E-state index in [1.54, 1.807) is 7.05 Å². The molecule has 3 N–H and O–H groups in total. The first-order chi connectivity index (χ1) is 19.0. The first kappa shape index (κ1) is 27.7. The minimum atomic E-state index is -4.55. The lowest BCUT2D eigenvalue weighted by Crippen LogP contribution is -2.70. The fourth-order valence-corrected chi connectivity index (χ4v) is 7.24. The van der Waals surface area contributed by atoms with Gasteiger partial charge in [-0.05, 0) is 38.1 Å². The summed E-state index contributed by atoms with van der Waals surface area (Å²) in [6.07, 6.45) is -0.403. The lowest BCUT2D eigenvalue weighted by Gasteiger charge is -2.49. The highest BCUT2D eigenvalue weighted by Crippen LogP contribution is 2.41. The summed E-state index contributed by atoms with van der Waals surface area (Å²) in [5, 5.41) is 35.0. The predicted molar refractivity (Wildman–Crippen MR) is 136 cm³/mol. The van der Waals surface area contributed by atoms with E-state index in [1.807, 2.05) is 0 Å². The Balaban J connectivity index is 1.26. The lowest BCUT2D eigenvalue weighted by molar-refractivity contribution is -0.150. The minimum Gasteiger partial charge on any atom is -0.477 e. The third kappa shape index (κ3) is 5.42. The fourth-order valence-electron chi connectivity index (χ4n) is 4.16. The molecule has 1 fully saturated rings. The quantitative estimate of drug-likeness (QED) is 0.136. The normalized spacial score (nSPS) is 18.9. The molecular formula is C20H20N10O7S3. The molecule has 5 rings (SSSR count). The number of thioether (sulfide) groups is 2. The van der Waals surface area contributed by atoms with Crippen molar-refractivity contribution in [2.45, 2.75) is 34.4 Å². The number of nitrogens with one attached hydrogen (secondary N) is 1. The third-order valence-electron chi connectivity index (χ3n) is 6.04. The summed E-state index contributed by atoms with van der Waals surface area (Å²) in [7, 11) is -2.88. The lowest BCUT2D eigenvalue weighted by atomic mass is 10.0. The van der Waals surface area contributed by atoms with Crippen LogP contribution >= 0.6 is 23.5 Å². The van der Waals surface area contributed by atoms with Gasteiger partial charge in [-0.1, -0.05) is 30.0 Å². The Morgan fingerprint density at radius 1 is 1.20 bits per heavy atom. The van der Waals surface area contributed by atoms with Crippen molar-refractivity contribution in [2.75, 3.05) is 11.5 Å². The van der Waals surface area contributed by atoms with Crippen molar-refractivity contribution in [3.63, 3.8) is 0 Å². The van der Waals surface area contributed by atoms with Crippen LogP contribution in [0, 0.1) is 0 Å². The van der Waals surface area contributed by atoms with Gasteiger partial charge in [-0.3, -0.25) is 19.0 Å². The van der Waals surface area contributed by atoms with E-state index in [0.717, 1.165) is 4.90 Å². The molecule has 2 atom stereocenters. The number of aromatic nitrogens is 8. The van der Waals surface area contributed by atoms with E-state index in [0.29, 0.717) is 16.6 Å². The fraction of sp³-hybridized carbons (Fsp3) is 0.350. The predicted octanol–water partition coefficient (Wildman–Crippen LogP) is -1.43. The molecule has 1 aromatic carbocycles. The van der Waals surface area contributed by atoms with Crippen LogP contribution in [-0.4, -0.2) is 104 Å². The van der Waals surface area contributed by atoms with Crippen molar-refractivity contribution in [2.24, 2.45) is 7.05 Å². The number of benzene rings is 1. The molecule has 0 unspecified atom stereocenters. The number of nitrogens with zero attached hydrogens (tertiary/aromatic N) is 9. The third-order valence-corrected chi connectivity index (χ3v) is 9.38. The number of aryl methyl sites for hydroxylation is 1. The summed E-state index contributed by atoms with van der Waals surface area (Å²) in [6, 6.07) is 4.47. The summed E-state index contributed by atoms with van der Waals surface area (Å²) in [5.74, 6) is -1.57. The Labute approximate surface area is 234 Å². The van der Waals surface area contributed by atoms with Crippen LogP contribution < -0.4 is 5.32 Å². The van der Waals surface area contributed by atoms with Gasteiger partial charge >= 0.3 is 5.97 Å². The number of β-lactam (4-membered cyclic amide) rings is 1. The van der Waals surface area contributed by atoms with Crippen molar-refractivity contribution in [3.8, 4) is 0 Å². The molecule has 17 nitrogen and oxygen atoms in total. The molecule has 2 aliphatic rings. The van der Waals surface area contributed by atoms with Crippen LogP contribution in [0.2, 0.25) is 0 Å². The largest absolute Gasteiger partial charge is 0.477 e. The van der Waals surface area contributed by atoms with Gasteiger partial charge in [0, 0.05) is 18.6 Å². The Morgan fingerprint density at radius 3 is 2.65 bits per heavy atom. The number of rotatable bonds is 10. The van der Waals surface area contributed by atoms with E-state index < -0.39 is 50.6 Å². The second-order valence-electron chi connectivity index (χ2n) is 8.60. The molecule has 0 spiro atoms. The van der Waals surface area contributed by atoms with Gasteiger partial charge in [0.2, 0.25) is 11.1 Å². The van der Waals surface area contributed by atoms with Gasteiger partial charge in [0.15, 0.2) is 5.82 Å². The number of carboxylic acid groups (broad SMARTS) is 1. The molecule has 0 saturated carbocycles. The first-order valence-electron chi connectivity index (χ1n) is 11.4. The number of hydrogen-bond donors (Lipinski definition) is 3. The number of hydrogen-bond acceptors (Lipinski definition) is 13. The van der Waals surface area contributed by atoms with E-state index in [9.17, 15) is 32.5 Å². The molecule has 2 amide bonds. The number of tetrazole rings is 2. The Kier molecular flexibility index (Phi) is 7.57. The number of carbonyl (C=O) groups is 3. The second-order valence-corrected chi connectivity index (χ2v) is 12.0. The summed E-state index contributed by atoms with van der Waals surface area (Å²) in [5.41, 5.74) is 0.375. The van der Waals surface area contributed by atoms with Gasteiger partial charge in [-0.15, -0.1) is 22.0 Å². The summed E-state index contributed by atoms with van der Waals surface area (Å²) in [6.45, 7) is 0.196. The van der Waals surface area contributed by atoms with Gasteiger partial charge in [0.1, 0.15) is 23.7 Å². The second kappa shape index (κ2) is 10.9. The van der Waals surface area contributed by atoms with Crippen molar-refractivity contribution in [3.05, 3.63) is 46.9 Å². The van der Waals surface area contributed by atoms with Crippen LogP contribution in [-0.2, 0) is 44.5 Å². The van der Waals surface area contributed by atoms with E-state index in [1.165, 1.54) is 57.2 Å². The molecule has 3 aromatic rings. The molecule has 210 valence electrons. The zero-order chi connectivity index (χ0) is 28.6. The SMILES string of the molecule is Cn1nnnc1Cn1nnnc1SCC1=C(C(=O)O)N2C(=O)[C@@H](NC(=O)Cc3ccccc3S(=O)(=O)O)[C@H]2SC1. The van der Waals surface area contributed by atoms with Crippen molar-refractivity contribution in [1.29, 1.82) is 0 Å². The molecule has 0 aliphatic carbocycles. The summed E-state index contributed by atoms with van der Waals surface area (Å²) >= 11 is 2.48. The molecule has 40 heavy (non-hydrogen) atoms. The zero-order valence-corrected chi connectivity index (χ0v) is 22.9. The van der Waals surface area contributed by atoms with Crippen LogP contribution in [0.4, 0.5) is 0 Å². The van der Waals surface area contributed by atoms with Crippen LogP contribution in [0.5, 0.6) is 0 Å². The molecule has 0 radical (unpaired) electrons. The number of fused-ring (bicyclic) bond motifs is 1. The van der Waals surface area contributed by atoms with Crippen molar-refractivity contribution in [1.82, 2.24) is 50.6 Å². The van der Waals surface area contributed by atoms with Crippen molar-refractivity contribution < 1.29 is 32.5 Å². The molecule has 4 heterocycles. The molecule has 2 aromatic heterocycles. The van der Waals surface area contributed by atoms with Gasteiger partial charge in [-0.25, -0.2) is 14.2 Å². The van der Waals surface area contributed by atoms with Crippen LogP contribution in [0.3, 0.4) is 0 Å². The van der Waals surface area contributed by atoms with E-state index >= 15 is 0 Å². The van der Waals surface area contributed by atoms with E-state index in [-0.39, 0.29) is 29.3 Å². The monoisotopic (exact) mass is 608 g/mol. The van der Waals surface area contributed by atoms with E-state index in [2.05, 4.69) is 36.4 Å². The van der Waals surface area contributed by atoms with Gasteiger partial charge in [-0.2, -0.15) is 8.42 Å². The number of carboxylic acids is 1. The molecule has 2 aliphatic heterocycles. The maximum atomic E-state index is 13.0. The van der Waals surface area contributed by atoms with Gasteiger partial charge in [0.05, 0.1) is 11.3 Å². The van der Waals surface area contributed by atoms with Crippen LogP contribution in [0.1, 0.15) is 11.4 Å². The Bertz CT molecular complexity index is 1640.